The second kappa shape index (κ2) is 10.3. The van der Waals surface area contributed by atoms with Gasteiger partial charge in [0.1, 0.15) is 17.2 Å². The lowest BCUT2D eigenvalue weighted by atomic mass is 10.2. The Balaban J connectivity index is 1.35. The average Bonchev–Trinajstić information content (AvgIpc) is 3.39. The van der Waals surface area contributed by atoms with Crippen LogP contribution in [0, 0.1) is 0 Å². The van der Waals surface area contributed by atoms with E-state index in [0.717, 1.165) is 54.9 Å². The Hall–Kier alpha value is -3.72. The van der Waals surface area contributed by atoms with E-state index in [1.807, 2.05) is 59.5 Å². The first-order valence-corrected chi connectivity index (χ1v) is 11.9. The van der Waals surface area contributed by atoms with Crippen molar-refractivity contribution in [1.29, 1.82) is 0 Å². The van der Waals surface area contributed by atoms with Crippen molar-refractivity contribution in [3.63, 3.8) is 0 Å². The fourth-order valence-electron chi connectivity index (χ4n) is 4.54. The Labute approximate surface area is 205 Å². The first-order valence-electron chi connectivity index (χ1n) is 11.9. The molecule has 5 rings (SSSR count). The van der Waals surface area contributed by atoms with E-state index in [2.05, 4.69) is 9.80 Å². The number of ether oxygens (including phenoxy) is 3. The van der Waals surface area contributed by atoms with E-state index in [0.29, 0.717) is 32.0 Å². The molecule has 1 amide bonds. The molecule has 2 saturated heterocycles. The van der Waals surface area contributed by atoms with Crippen LogP contribution in [0.15, 0.2) is 54.6 Å². The van der Waals surface area contributed by atoms with Crippen molar-refractivity contribution >= 4 is 17.4 Å². The summed E-state index contributed by atoms with van der Waals surface area (Å²) >= 11 is 0. The van der Waals surface area contributed by atoms with Crippen molar-refractivity contribution in [3.05, 3.63) is 60.3 Å². The highest BCUT2D eigenvalue weighted by Gasteiger charge is 2.28. The number of anilines is 2. The van der Waals surface area contributed by atoms with Gasteiger partial charge in [0.25, 0.3) is 5.91 Å². The second-order valence-electron chi connectivity index (χ2n) is 8.58. The van der Waals surface area contributed by atoms with Gasteiger partial charge >= 0.3 is 0 Å². The Morgan fingerprint density at radius 1 is 0.800 bits per heavy atom. The van der Waals surface area contributed by atoms with E-state index >= 15 is 0 Å². The maximum absolute atomic E-state index is 13.7. The maximum Gasteiger partial charge on any atom is 0.272 e. The fraction of sp³-hybridized carbons (Fsp3) is 0.385. The van der Waals surface area contributed by atoms with Crippen LogP contribution >= 0.6 is 0 Å². The van der Waals surface area contributed by atoms with Crippen molar-refractivity contribution in [2.45, 2.75) is 0 Å². The van der Waals surface area contributed by atoms with Gasteiger partial charge in [-0.25, -0.2) is 4.68 Å². The second-order valence-corrected chi connectivity index (χ2v) is 8.58. The number of aromatic nitrogens is 2. The molecule has 0 atom stereocenters. The summed E-state index contributed by atoms with van der Waals surface area (Å²) in [5.41, 5.74) is 2.48. The number of carbonyl (C=O) groups excluding carboxylic acids is 1. The highest BCUT2D eigenvalue weighted by Crippen LogP contribution is 2.29. The first kappa shape index (κ1) is 23.0. The number of morpholine rings is 1. The van der Waals surface area contributed by atoms with Gasteiger partial charge in [0.15, 0.2) is 5.82 Å². The van der Waals surface area contributed by atoms with Gasteiger partial charge in [-0.15, -0.1) is 5.10 Å². The Kier molecular flexibility index (Phi) is 6.76. The van der Waals surface area contributed by atoms with Crippen LogP contribution in [0.2, 0.25) is 0 Å². The molecule has 0 saturated carbocycles. The van der Waals surface area contributed by atoms with Gasteiger partial charge in [-0.1, -0.05) is 18.2 Å². The standard InChI is InChI=1S/C26H31N5O4/c1-33-22-16-21(17-23(18-22)34-2)28-8-10-30(11-9-28)26(32)24-19-25(29-12-14-35-15-13-29)27-31(24)20-6-4-3-5-7-20/h3-7,16-19H,8-15H2,1-2H3. The number of hydrogen-bond donors (Lipinski definition) is 0. The van der Waals surface area contributed by atoms with Gasteiger partial charge < -0.3 is 28.9 Å². The van der Waals surface area contributed by atoms with Crippen molar-refractivity contribution in [1.82, 2.24) is 14.7 Å². The highest BCUT2D eigenvalue weighted by atomic mass is 16.5. The van der Waals surface area contributed by atoms with Crippen LogP contribution in [0.5, 0.6) is 11.5 Å². The summed E-state index contributed by atoms with van der Waals surface area (Å²) in [4.78, 5) is 20.0. The van der Waals surface area contributed by atoms with Crippen LogP contribution in [0.25, 0.3) is 5.69 Å². The monoisotopic (exact) mass is 477 g/mol. The maximum atomic E-state index is 13.7. The number of rotatable bonds is 6. The fourth-order valence-corrected chi connectivity index (χ4v) is 4.54. The molecule has 0 spiro atoms. The van der Waals surface area contributed by atoms with Gasteiger partial charge in [-0.3, -0.25) is 4.79 Å². The molecule has 35 heavy (non-hydrogen) atoms. The Morgan fingerprint density at radius 2 is 1.46 bits per heavy atom. The number of benzene rings is 2. The Bertz CT molecular complexity index is 1130. The lowest BCUT2D eigenvalue weighted by Gasteiger charge is -2.36. The molecule has 9 nitrogen and oxygen atoms in total. The zero-order valence-corrected chi connectivity index (χ0v) is 20.2. The molecule has 0 N–H and O–H groups in total. The third-order valence-corrected chi connectivity index (χ3v) is 6.52. The summed E-state index contributed by atoms with van der Waals surface area (Å²) < 4.78 is 18.1. The van der Waals surface area contributed by atoms with Crippen LogP contribution in [0.1, 0.15) is 10.5 Å². The molecule has 1 aromatic heterocycles. The summed E-state index contributed by atoms with van der Waals surface area (Å²) in [5, 5.41) is 4.82. The summed E-state index contributed by atoms with van der Waals surface area (Å²) in [6.07, 6.45) is 0. The summed E-state index contributed by atoms with van der Waals surface area (Å²) in [6.45, 7) is 5.54. The minimum Gasteiger partial charge on any atom is -0.497 e. The minimum atomic E-state index is -0.0104. The van der Waals surface area contributed by atoms with Crippen molar-refractivity contribution in [2.75, 3.05) is 76.5 Å². The van der Waals surface area contributed by atoms with Gasteiger partial charge in [-0.2, -0.15) is 0 Å². The molecule has 2 aliphatic rings. The number of para-hydroxylation sites is 1. The van der Waals surface area contributed by atoms with E-state index in [1.54, 1.807) is 18.9 Å². The zero-order valence-electron chi connectivity index (χ0n) is 20.2. The van der Waals surface area contributed by atoms with Gasteiger partial charge in [0, 0.05) is 69.2 Å². The molecule has 0 aliphatic carbocycles. The molecule has 2 fully saturated rings. The van der Waals surface area contributed by atoms with E-state index < -0.39 is 0 Å². The third-order valence-electron chi connectivity index (χ3n) is 6.52. The third kappa shape index (κ3) is 4.90. The SMILES string of the molecule is COc1cc(OC)cc(N2CCN(C(=O)c3cc(N4CCOCC4)nn3-c3ccccc3)CC2)c1. The van der Waals surface area contributed by atoms with Crippen molar-refractivity contribution in [3.8, 4) is 17.2 Å². The van der Waals surface area contributed by atoms with E-state index in [-0.39, 0.29) is 5.91 Å². The molecule has 3 heterocycles. The van der Waals surface area contributed by atoms with Gasteiger partial charge in [0.2, 0.25) is 0 Å². The smallest absolute Gasteiger partial charge is 0.272 e. The Morgan fingerprint density at radius 3 is 2.09 bits per heavy atom. The van der Waals surface area contributed by atoms with Crippen LogP contribution in [-0.2, 0) is 4.74 Å². The van der Waals surface area contributed by atoms with Crippen LogP contribution in [0.4, 0.5) is 11.5 Å². The number of hydrogen-bond acceptors (Lipinski definition) is 7. The quantitative estimate of drug-likeness (QED) is 0.541. The molecule has 2 aromatic carbocycles. The number of piperazine rings is 1. The minimum absolute atomic E-state index is 0.0104. The lowest BCUT2D eigenvalue weighted by Crippen LogP contribution is -2.49. The van der Waals surface area contributed by atoms with E-state index in [9.17, 15) is 4.79 Å². The topological polar surface area (TPSA) is 72.3 Å². The van der Waals surface area contributed by atoms with Crippen molar-refractivity contribution < 1.29 is 19.0 Å². The average molecular weight is 478 g/mol. The number of nitrogens with zero attached hydrogens (tertiary/aromatic N) is 5. The molecule has 0 radical (unpaired) electrons. The van der Waals surface area contributed by atoms with E-state index in [1.165, 1.54) is 0 Å². The predicted molar refractivity (Wildman–Crippen MR) is 134 cm³/mol. The number of amides is 1. The normalized spacial score (nSPS) is 16.3. The number of carbonyl (C=O) groups is 1. The molecular weight excluding hydrogens is 446 g/mol. The van der Waals surface area contributed by atoms with Crippen LogP contribution < -0.4 is 19.3 Å². The molecule has 0 unspecified atom stereocenters. The first-order chi connectivity index (χ1) is 17.2. The van der Waals surface area contributed by atoms with Crippen LogP contribution in [0.3, 0.4) is 0 Å². The summed E-state index contributed by atoms with van der Waals surface area (Å²) in [5.74, 6) is 2.30. The highest BCUT2D eigenvalue weighted by molar-refractivity contribution is 5.94. The van der Waals surface area contributed by atoms with Gasteiger partial charge in [-0.05, 0) is 12.1 Å². The lowest BCUT2D eigenvalue weighted by molar-refractivity contribution is 0.0737. The molecule has 184 valence electrons. The van der Waals surface area contributed by atoms with E-state index in [4.69, 9.17) is 19.3 Å². The van der Waals surface area contributed by atoms with Crippen LogP contribution in [-0.4, -0.2) is 87.3 Å². The molecule has 3 aromatic rings. The predicted octanol–water partition coefficient (Wildman–Crippen LogP) is 2.69. The van der Waals surface area contributed by atoms with Gasteiger partial charge in [0.05, 0.1) is 33.1 Å². The summed E-state index contributed by atoms with van der Waals surface area (Å²) in [7, 11) is 3.30. The summed E-state index contributed by atoms with van der Waals surface area (Å²) in [6, 6.07) is 17.6. The van der Waals surface area contributed by atoms with Crippen molar-refractivity contribution in [2.24, 2.45) is 0 Å². The zero-order chi connectivity index (χ0) is 24.2. The molecular formula is C26H31N5O4. The largest absolute Gasteiger partial charge is 0.497 e. The number of methoxy groups -OCH3 is 2. The molecule has 0 bridgehead atoms. The molecule has 2 aliphatic heterocycles. The molecule has 9 heteroatoms.